The Labute approximate surface area is 105 Å². The fraction of sp³-hybridized carbons (Fsp3) is 0.250. The maximum absolute atomic E-state index is 12.3. The molecule has 1 fully saturated rings. The van der Waals surface area contributed by atoms with E-state index in [1.165, 1.54) is 6.07 Å². The van der Waals surface area contributed by atoms with Crippen molar-refractivity contribution >= 4 is 16.1 Å². The SMILES string of the molecule is C=CC[C@]12COC(=O)N1S(=O)(=O)c1ccccc12. The molecule has 2 aliphatic heterocycles. The van der Waals surface area contributed by atoms with Crippen molar-refractivity contribution in [2.24, 2.45) is 0 Å². The van der Waals surface area contributed by atoms with E-state index in [9.17, 15) is 13.2 Å². The fourth-order valence-electron chi connectivity index (χ4n) is 2.65. The molecule has 0 saturated carbocycles. The van der Waals surface area contributed by atoms with Crippen LogP contribution in [0.15, 0.2) is 41.8 Å². The standard InChI is InChI=1S/C12H11NO4S/c1-2-7-12-8-17-11(14)13(12)18(15,16)10-6-4-3-5-9(10)12/h2-6H,1,7-8H2/t12-/m1/s1. The van der Waals surface area contributed by atoms with Crippen LogP contribution in [0.3, 0.4) is 0 Å². The Hall–Kier alpha value is -1.82. The highest BCUT2D eigenvalue weighted by Gasteiger charge is 2.61. The number of benzene rings is 1. The molecule has 0 unspecified atom stereocenters. The third kappa shape index (κ3) is 1.11. The molecule has 3 rings (SSSR count). The molecule has 2 aliphatic rings. The average Bonchev–Trinajstić information content (AvgIpc) is 2.77. The molecule has 1 aromatic carbocycles. The van der Waals surface area contributed by atoms with Gasteiger partial charge < -0.3 is 4.74 Å². The second kappa shape index (κ2) is 3.35. The molecule has 0 N–H and O–H groups in total. The van der Waals surface area contributed by atoms with E-state index in [1.54, 1.807) is 24.3 Å². The van der Waals surface area contributed by atoms with Crippen LogP contribution in [0.1, 0.15) is 12.0 Å². The Morgan fingerprint density at radius 1 is 1.44 bits per heavy atom. The van der Waals surface area contributed by atoms with Gasteiger partial charge in [0, 0.05) is 5.56 Å². The van der Waals surface area contributed by atoms with Crippen LogP contribution in [0.25, 0.3) is 0 Å². The summed E-state index contributed by atoms with van der Waals surface area (Å²) in [6, 6.07) is 6.64. The van der Waals surface area contributed by atoms with Crippen molar-refractivity contribution in [2.45, 2.75) is 16.9 Å². The van der Waals surface area contributed by atoms with E-state index in [1.807, 2.05) is 0 Å². The quantitative estimate of drug-likeness (QED) is 0.762. The number of sulfonamides is 1. The van der Waals surface area contributed by atoms with Crippen molar-refractivity contribution in [2.75, 3.05) is 6.61 Å². The number of hydrogen-bond acceptors (Lipinski definition) is 4. The number of hydrogen-bond donors (Lipinski definition) is 0. The van der Waals surface area contributed by atoms with Crippen LogP contribution in [0, 0.1) is 0 Å². The summed E-state index contributed by atoms with van der Waals surface area (Å²) in [6.45, 7) is 3.67. The molecule has 18 heavy (non-hydrogen) atoms. The van der Waals surface area contributed by atoms with Crippen LogP contribution < -0.4 is 0 Å². The molecule has 94 valence electrons. The lowest BCUT2D eigenvalue weighted by Crippen LogP contribution is -2.41. The van der Waals surface area contributed by atoms with E-state index < -0.39 is 21.7 Å². The molecule has 0 radical (unpaired) electrons. The van der Waals surface area contributed by atoms with Crippen LogP contribution in [0.5, 0.6) is 0 Å². The molecule has 0 aromatic heterocycles. The summed E-state index contributed by atoms with van der Waals surface area (Å²) in [5, 5.41) is 0. The minimum atomic E-state index is -3.80. The van der Waals surface area contributed by atoms with E-state index in [0.29, 0.717) is 12.0 Å². The number of ether oxygens (including phenoxy) is 1. The van der Waals surface area contributed by atoms with Crippen molar-refractivity contribution in [1.82, 2.24) is 4.31 Å². The van der Waals surface area contributed by atoms with Gasteiger partial charge in [-0.25, -0.2) is 13.2 Å². The number of cyclic esters (lactones) is 1. The number of carbonyl (C=O) groups is 1. The molecule has 1 amide bonds. The molecular formula is C12H11NO4S. The third-order valence-electron chi connectivity index (χ3n) is 3.38. The summed E-state index contributed by atoms with van der Waals surface area (Å²) in [7, 11) is -3.80. The number of nitrogens with zero attached hydrogens (tertiary/aromatic N) is 1. The van der Waals surface area contributed by atoms with Gasteiger partial charge in [-0.05, 0) is 12.5 Å². The van der Waals surface area contributed by atoms with Gasteiger partial charge >= 0.3 is 6.09 Å². The second-order valence-corrected chi connectivity index (χ2v) is 6.10. The van der Waals surface area contributed by atoms with E-state index >= 15 is 0 Å². The number of carbonyl (C=O) groups excluding carboxylic acids is 1. The van der Waals surface area contributed by atoms with Gasteiger partial charge in [-0.1, -0.05) is 24.3 Å². The second-order valence-electron chi connectivity index (χ2n) is 4.34. The van der Waals surface area contributed by atoms with Crippen molar-refractivity contribution < 1.29 is 17.9 Å². The molecular weight excluding hydrogens is 254 g/mol. The normalized spacial score (nSPS) is 27.6. The van der Waals surface area contributed by atoms with Gasteiger partial charge in [-0.15, -0.1) is 6.58 Å². The van der Waals surface area contributed by atoms with Crippen LogP contribution >= 0.6 is 0 Å². The van der Waals surface area contributed by atoms with E-state index in [2.05, 4.69) is 6.58 Å². The number of amides is 1. The summed E-state index contributed by atoms with van der Waals surface area (Å²) in [5.74, 6) is 0. The van der Waals surface area contributed by atoms with Crippen molar-refractivity contribution in [3.63, 3.8) is 0 Å². The molecule has 5 nitrogen and oxygen atoms in total. The zero-order valence-electron chi connectivity index (χ0n) is 9.50. The topological polar surface area (TPSA) is 63.7 Å². The Kier molecular flexibility index (Phi) is 2.10. The van der Waals surface area contributed by atoms with Gasteiger partial charge in [-0.2, -0.15) is 4.31 Å². The maximum atomic E-state index is 12.3. The maximum Gasteiger partial charge on any atom is 0.424 e. The molecule has 2 heterocycles. The van der Waals surface area contributed by atoms with Crippen LogP contribution in [-0.4, -0.2) is 25.4 Å². The molecule has 1 saturated heterocycles. The van der Waals surface area contributed by atoms with E-state index in [-0.39, 0.29) is 11.5 Å². The molecule has 0 bridgehead atoms. The monoisotopic (exact) mass is 265 g/mol. The van der Waals surface area contributed by atoms with Crippen LogP contribution in [0.2, 0.25) is 0 Å². The Balaban J connectivity index is 2.35. The van der Waals surface area contributed by atoms with Gasteiger partial charge in [0.05, 0.1) is 4.90 Å². The van der Waals surface area contributed by atoms with Crippen LogP contribution in [0.4, 0.5) is 4.79 Å². The zero-order chi connectivity index (χ0) is 13.0. The Bertz CT molecular complexity index is 652. The highest BCUT2D eigenvalue weighted by atomic mass is 32.2. The van der Waals surface area contributed by atoms with E-state index in [4.69, 9.17) is 4.74 Å². The van der Waals surface area contributed by atoms with Crippen molar-refractivity contribution in [3.05, 3.63) is 42.5 Å². The third-order valence-corrected chi connectivity index (χ3v) is 5.27. The minimum Gasteiger partial charge on any atom is -0.446 e. The minimum absolute atomic E-state index is 0.0358. The molecule has 1 atom stereocenters. The first kappa shape index (κ1) is 11.3. The lowest BCUT2D eigenvalue weighted by Gasteiger charge is -2.26. The first-order valence-corrected chi connectivity index (χ1v) is 6.91. The Morgan fingerprint density at radius 3 is 2.89 bits per heavy atom. The van der Waals surface area contributed by atoms with Gasteiger partial charge in [0.15, 0.2) is 0 Å². The lowest BCUT2D eigenvalue weighted by atomic mass is 9.88. The largest absolute Gasteiger partial charge is 0.446 e. The molecule has 0 spiro atoms. The highest BCUT2D eigenvalue weighted by molar-refractivity contribution is 7.90. The number of rotatable bonds is 2. The number of fused-ring (bicyclic) bond motifs is 3. The van der Waals surface area contributed by atoms with Crippen molar-refractivity contribution in [3.8, 4) is 0 Å². The van der Waals surface area contributed by atoms with Gasteiger partial charge in [0.2, 0.25) is 0 Å². The summed E-state index contributed by atoms with van der Waals surface area (Å²) in [5.41, 5.74) is -0.343. The molecule has 6 heteroatoms. The van der Waals surface area contributed by atoms with E-state index in [0.717, 1.165) is 4.31 Å². The summed E-state index contributed by atoms with van der Waals surface area (Å²) in [6.07, 6.45) is 1.13. The first-order valence-electron chi connectivity index (χ1n) is 5.47. The van der Waals surface area contributed by atoms with Crippen molar-refractivity contribution in [1.29, 1.82) is 0 Å². The van der Waals surface area contributed by atoms with Crippen LogP contribution in [-0.2, 0) is 20.3 Å². The average molecular weight is 265 g/mol. The summed E-state index contributed by atoms with van der Waals surface area (Å²) >= 11 is 0. The molecule has 1 aromatic rings. The summed E-state index contributed by atoms with van der Waals surface area (Å²) < 4.78 is 30.5. The van der Waals surface area contributed by atoms with Gasteiger partial charge in [-0.3, -0.25) is 0 Å². The fourth-order valence-corrected chi connectivity index (χ4v) is 4.57. The smallest absolute Gasteiger partial charge is 0.424 e. The molecule has 0 aliphatic carbocycles. The predicted molar refractivity (Wildman–Crippen MR) is 63.3 cm³/mol. The summed E-state index contributed by atoms with van der Waals surface area (Å²) in [4.78, 5) is 11.9. The Morgan fingerprint density at radius 2 is 2.17 bits per heavy atom. The first-order chi connectivity index (χ1) is 8.54. The highest BCUT2D eigenvalue weighted by Crippen LogP contribution is 2.49. The van der Waals surface area contributed by atoms with Gasteiger partial charge in [0.1, 0.15) is 12.1 Å². The lowest BCUT2D eigenvalue weighted by molar-refractivity contribution is 0.169. The zero-order valence-corrected chi connectivity index (χ0v) is 10.3. The predicted octanol–water partition coefficient (Wildman–Crippen LogP) is 1.61. The van der Waals surface area contributed by atoms with Gasteiger partial charge in [0.25, 0.3) is 10.0 Å².